The van der Waals surface area contributed by atoms with Crippen LogP contribution in [0.25, 0.3) is 0 Å². The molecule has 1 N–H and O–H groups in total. The molecule has 1 heterocycles. The second kappa shape index (κ2) is 11.3. The Bertz CT molecular complexity index is 385. The van der Waals surface area contributed by atoms with Gasteiger partial charge in [0.2, 0.25) is 11.5 Å². The number of carbonyl (C=O) groups excluding carboxylic acids is 1. The SMILES string of the molecule is CCCCCCCCCCCCCCC(=O)C1=C(C(=O)O)O1. The monoisotopic (exact) mass is 310 g/mol. The minimum absolute atomic E-state index is 0.0653. The van der Waals surface area contributed by atoms with Crippen LogP contribution in [0.1, 0.15) is 90.4 Å². The standard InChI is InChI=1S/C18H30O4/c1-2-3-4-5-6-7-8-9-10-11-12-13-14-15(19)16-17(22-16)18(20)21/h2-14H2,1H3,(H,20,21). The van der Waals surface area contributed by atoms with Gasteiger partial charge < -0.3 is 9.84 Å². The van der Waals surface area contributed by atoms with Gasteiger partial charge in [-0.3, -0.25) is 4.79 Å². The third-order valence-corrected chi connectivity index (χ3v) is 4.07. The molecule has 4 heteroatoms. The lowest BCUT2D eigenvalue weighted by molar-refractivity contribution is -0.133. The second-order valence-corrected chi connectivity index (χ2v) is 6.13. The highest BCUT2D eigenvalue weighted by Crippen LogP contribution is 2.28. The number of ketones is 1. The van der Waals surface area contributed by atoms with E-state index in [1.54, 1.807) is 0 Å². The van der Waals surface area contributed by atoms with E-state index in [-0.39, 0.29) is 17.3 Å². The molecule has 0 aliphatic carbocycles. The van der Waals surface area contributed by atoms with Gasteiger partial charge in [0.05, 0.1) is 0 Å². The molecule has 0 amide bonds. The van der Waals surface area contributed by atoms with E-state index >= 15 is 0 Å². The molecule has 0 saturated heterocycles. The summed E-state index contributed by atoms with van der Waals surface area (Å²) < 4.78 is 4.68. The van der Waals surface area contributed by atoms with Crippen molar-refractivity contribution in [1.82, 2.24) is 0 Å². The summed E-state index contributed by atoms with van der Waals surface area (Å²) in [6.45, 7) is 2.24. The van der Waals surface area contributed by atoms with Gasteiger partial charge in [-0.15, -0.1) is 0 Å². The van der Waals surface area contributed by atoms with Crippen molar-refractivity contribution in [2.75, 3.05) is 0 Å². The van der Waals surface area contributed by atoms with Crippen molar-refractivity contribution in [3.8, 4) is 0 Å². The van der Waals surface area contributed by atoms with Crippen LogP contribution in [0.5, 0.6) is 0 Å². The Hall–Kier alpha value is -1.32. The first kappa shape index (κ1) is 18.7. The van der Waals surface area contributed by atoms with Gasteiger partial charge in [-0.1, -0.05) is 77.6 Å². The molecule has 0 aromatic carbocycles. The lowest BCUT2D eigenvalue weighted by atomic mass is 10.0. The van der Waals surface area contributed by atoms with Crippen molar-refractivity contribution in [3.05, 3.63) is 11.5 Å². The van der Waals surface area contributed by atoms with E-state index in [1.165, 1.54) is 57.8 Å². The maximum atomic E-state index is 11.6. The summed E-state index contributed by atoms with van der Waals surface area (Å²) in [5.74, 6) is -1.40. The first-order valence-electron chi connectivity index (χ1n) is 8.85. The van der Waals surface area contributed by atoms with Crippen molar-refractivity contribution >= 4 is 11.8 Å². The van der Waals surface area contributed by atoms with Crippen LogP contribution in [0.15, 0.2) is 11.5 Å². The number of allylic oxidation sites excluding steroid dienone is 1. The quantitative estimate of drug-likeness (QED) is 0.433. The predicted octanol–water partition coefficient (Wildman–Crippen LogP) is 4.97. The van der Waals surface area contributed by atoms with Crippen LogP contribution in [0.3, 0.4) is 0 Å². The Balaban J connectivity index is 1.83. The molecule has 126 valence electrons. The minimum atomic E-state index is -1.14. The summed E-state index contributed by atoms with van der Waals surface area (Å²) in [6, 6.07) is 0. The normalized spacial score (nSPS) is 13.1. The fourth-order valence-electron chi connectivity index (χ4n) is 2.64. The number of carboxylic acid groups (broad SMARTS) is 1. The first-order valence-corrected chi connectivity index (χ1v) is 8.85. The molecule has 1 aliphatic rings. The smallest absolute Gasteiger partial charge is 0.375 e. The number of Topliss-reactive ketones (excluding diaryl/α,β-unsaturated/α-hetero) is 1. The Labute approximate surface area is 133 Å². The number of ether oxygens (including phenoxy) is 1. The van der Waals surface area contributed by atoms with Crippen LogP contribution < -0.4 is 0 Å². The van der Waals surface area contributed by atoms with Gasteiger partial charge in [-0.05, 0) is 6.42 Å². The zero-order valence-electron chi connectivity index (χ0n) is 13.9. The molecule has 0 saturated carbocycles. The van der Waals surface area contributed by atoms with E-state index in [0.717, 1.165) is 19.3 Å². The summed E-state index contributed by atoms with van der Waals surface area (Å²) in [5.41, 5.74) is 0. The van der Waals surface area contributed by atoms with E-state index in [1.807, 2.05) is 0 Å². The largest absolute Gasteiger partial charge is 0.475 e. The molecular weight excluding hydrogens is 280 g/mol. The Morgan fingerprint density at radius 3 is 1.64 bits per heavy atom. The lowest BCUT2D eigenvalue weighted by Gasteiger charge is -2.02. The molecule has 0 fully saturated rings. The van der Waals surface area contributed by atoms with Crippen LogP contribution in [-0.4, -0.2) is 16.9 Å². The van der Waals surface area contributed by atoms with Gasteiger partial charge >= 0.3 is 5.97 Å². The zero-order valence-corrected chi connectivity index (χ0v) is 13.9. The number of hydrogen-bond donors (Lipinski definition) is 1. The highest BCUT2D eigenvalue weighted by molar-refractivity contribution is 6.05. The summed E-state index contributed by atoms with van der Waals surface area (Å²) in [5, 5.41) is 8.61. The molecule has 22 heavy (non-hydrogen) atoms. The summed E-state index contributed by atoms with van der Waals surface area (Å²) in [7, 11) is 0. The van der Waals surface area contributed by atoms with Gasteiger partial charge in [0.15, 0.2) is 0 Å². The molecule has 1 aliphatic heterocycles. The van der Waals surface area contributed by atoms with E-state index in [2.05, 4.69) is 11.7 Å². The zero-order chi connectivity index (χ0) is 16.2. The van der Waals surface area contributed by atoms with Crippen LogP contribution in [0, 0.1) is 0 Å². The van der Waals surface area contributed by atoms with Crippen molar-refractivity contribution in [1.29, 1.82) is 0 Å². The van der Waals surface area contributed by atoms with E-state index in [4.69, 9.17) is 5.11 Å². The molecule has 0 aromatic heterocycles. The lowest BCUT2D eigenvalue weighted by Crippen LogP contribution is -1.96. The maximum absolute atomic E-state index is 11.6. The van der Waals surface area contributed by atoms with Crippen molar-refractivity contribution in [3.63, 3.8) is 0 Å². The molecule has 0 bridgehead atoms. The average molecular weight is 310 g/mol. The van der Waals surface area contributed by atoms with Crippen molar-refractivity contribution < 1.29 is 19.4 Å². The maximum Gasteiger partial charge on any atom is 0.375 e. The minimum Gasteiger partial charge on any atom is -0.475 e. The Morgan fingerprint density at radius 2 is 1.23 bits per heavy atom. The molecule has 0 aromatic rings. The van der Waals surface area contributed by atoms with Crippen LogP contribution in [0.2, 0.25) is 0 Å². The summed E-state index contributed by atoms with van der Waals surface area (Å²) in [6.07, 6.45) is 15.5. The van der Waals surface area contributed by atoms with E-state index in [0.29, 0.717) is 6.42 Å². The number of carboxylic acids is 1. The molecule has 4 nitrogen and oxygen atoms in total. The van der Waals surface area contributed by atoms with E-state index < -0.39 is 5.97 Å². The first-order chi connectivity index (χ1) is 10.7. The molecule has 0 atom stereocenters. The van der Waals surface area contributed by atoms with Crippen LogP contribution >= 0.6 is 0 Å². The van der Waals surface area contributed by atoms with Crippen LogP contribution in [0.4, 0.5) is 0 Å². The average Bonchev–Trinajstić information content (AvgIpc) is 3.29. The number of carbonyl (C=O) groups is 2. The molecule has 0 unspecified atom stereocenters. The van der Waals surface area contributed by atoms with Crippen molar-refractivity contribution in [2.24, 2.45) is 0 Å². The van der Waals surface area contributed by atoms with Gasteiger partial charge in [-0.2, -0.15) is 0 Å². The second-order valence-electron chi connectivity index (χ2n) is 6.13. The number of aliphatic carboxylic acids is 1. The van der Waals surface area contributed by atoms with Gasteiger partial charge in [0.1, 0.15) is 0 Å². The third-order valence-electron chi connectivity index (χ3n) is 4.07. The fourth-order valence-corrected chi connectivity index (χ4v) is 2.64. The molecular formula is C18H30O4. The van der Waals surface area contributed by atoms with E-state index in [9.17, 15) is 9.59 Å². The fraction of sp³-hybridized carbons (Fsp3) is 0.778. The summed E-state index contributed by atoms with van der Waals surface area (Å²) in [4.78, 5) is 22.1. The Morgan fingerprint density at radius 1 is 0.773 bits per heavy atom. The van der Waals surface area contributed by atoms with Gasteiger partial charge in [0.25, 0.3) is 5.76 Å². The predicted molar refractivity (Wildman–Crippen MR) is 86.4 cm³/mol. The highest BCUT2D eigenvalue weighted by Gasteiger charge is 2.37. The highest BCUT2D eigenvalue weighted by atomic mass is 16.6. The number of unbranched alkanes of at least 4 members (excludes halogenated alkanes) is 11. The summed E-state index contributed by atoms with van der Waals surface area (Å²) >= 11 is 0. The molecule has 1 rings (SSSR count). The van der Waals surface area contributed by atoms with Crippen molar-refractivity contribution in [2.45, 2.75) is 90.4 Å². The topological polar surface area (TPSA) is 66.9 Å². The van der Waals surface area contributed by atoms with Crippen LogP contribution in [-0.2, 0) is 14.3 Å². The number of rotatable bonds is 15. The van der Waals surface area contributed by atoms with Gasteiger partial charge in [0, 0.05) is 6.42 Å². The van der Waals surface area contributed by atoms with Gasteiger partial charge in [-0.25, -0.2) is 4.79 Å². The molecule has 0 spiro atoms. The molecule has 0 radical (unpaired) electrons. The number of hydrogen-bond acceptors (Lipinski definition) is 3. The Kier molecular flexibility index (Phi) is 9.60. The third kappa shape index (κ3) is 8.20.